The minimum Gasteiger partial charge on any atom is -0.438 e. The molecule has 0 amide bonds. The van der Waals surface area contributed by atoms with Crippen molar-refractivity contribution in [1.82, 2.24) is 4.98 Å². The van der Waals surface area contributed by atoms with Crippen LogP contribution in [0.25, 0.3) is 0 Å². The van der Waals surface area contributed by atoms with E-state index in [4.69, 9.17) is 10.00 Å². The van der Waals surface area contributed by atoms with Gasteiger partial charge in [0, 0.05) is 6.20 Å². The summed E-state index contributed by atoms with van der Waals surface area (Å²) in [7, 11) is 0. The monoisotopic (exact) mass is 288 g/mol. The molecule has 0 bridgehead atoms. The first-order valence-electron chi connectivity index (χ1n) is 5.04. The third-order valence-corrected chi connectivity index (χ3v) is 2.75. The molecule has 17 heavy (non-hydrogen) atoms. The van der Waals surface area contributed by atoms with Crippen LogP contribution in [0.3, 0.4) is 0 Å². The Labute approximate surface area is 108 Å². The van der Waals surface area contributed by atoms with Gasteiger partial charge in [0.05, 0.1) is 17.0 Å². The number of hydrogen-bond donors (Lipinski definition) is 0. The van der Waals surface area contributed by atoms with Gasteiger partial charge in [-0.1, -0.05) is 12.1 Å². The van der Waals surface area contributed by atoms with Crippen molar-refractivity contribution >= 4 is 15.9 Å². The molecule has 84 valence electrons. The van der Waals surface area contributed by atoms with Crippen molar-refractivity contribution in [3.05, 3.63) is 52.6 Å². The average molecular weight is 289 g/mol. The number of benzene rings is 1. The second-order valence-electron chi connectivity index (χ2n) is 3.37. The van der Waals surface area contributed by atoms with Gasteiger partial charge >= 0.3 is 0 Å². The van der Waals surface area contributed by atoms with Crippen LogP contribution in [0.2, 0.25) is 0 Å². The van der Waals surface area contributed by atoms with Crippen LogP contribution in [-0.4, -0.2) is 4.98 Å². The zero-order valence-corrected chi connectivity index (χ0v) is 10.5. The van der Waals surface area contributed by atoms with Gasteiger partial charge in [0.1, 0.15) is 5.75 Å². The zero-order chi connectivity index (χ0) is 12.1. The lowest BCUT2D eigenvalue weighted by Gasteiger charge is -2.06. The summed E-state index contributed by atoms with van der Waals surface area (Å²) in [5, 5.41) is 8.56. The van der Waals surface area contributed by atoms with Gasteiger partial charge in [-0.3, -0.25) is 0 Å². The molecule has 0 saturated heterocycles. The fraction of sp³-hybridized carbons (Fsp3) is 0.0769. The van der Waals surface area contributed by atoms with Crippen LogP contribution in [-0.2, 0) is 6.42 Å². The molecule has 0 fully saturated rings. The largest absolute Gasteiger partial charge is 0.438 e. The maximum Gasteiger partial charge on any atom is 0.233 e. The van der Waals surface area contributed by atoms with Gasteiger partial charge in [-0.05, 0) is 45.8 Å². The van der Waals surface area contributed by atoms with Crippen LogP contribution in [0.5, 0.6) is 11.6 Å². The number of rotatable bonds is 3. The Morgan fingerprint density at radius 3 is 2.65 bits per heavy atom. The van der Waals surface area contributed by atoms with Gasteiger partial charge in [0.25, 0.3) is 0 Å². The number of hydrogen-bond acceptors (Lipinski definition) is 3. The first-order valence-corrected chi connectivity index (χ1v) is 5.83. The second-order valence-corrected chi connectivity index (χ2v) is 4.23. The van der Waals surface area contributed by atoms with Crippen molar-refractivity contribution < 1.29 is 4.74 Å². The van der Waals surface area contributed by atoms with Gasteiger partial charge in [-0.2, -0.15) is 5.26 Å². The molecule has 4 heteroatoms. The van der Waals surface area contributed by atoms with Gasteiger partial charge in [-0.15, -0.1) is 0 Å². The lowest BCUT2D eigenvalue weighted by atomic mass is 10.2. The Balaban J connectivity index is 2.15. The average Bonchev–Trinajstić information content (AvgIpc) is 2.35. The fourth-order valence-electron chi connectivity index (χ4n) is 1.32. The van der Waals surface area contributed by atoms with Crippen LogP contribution in [0.15, 0.2) is 47.1 Å². The standard InChI is InChI=1S/C13H9BrN2O/c14-12-2-1-9-16-13(12)17-11-5-3-10(4-6-11)7-8-15/h1-6,9H,7H2. The van der Waals surface area contributed by atoms with Crippen LogP contribution >= 0.6 is 15.9 Å². The molecule has 2 rings (SSSR count). The molecule has 0 spiro atoms. The Hall–Kier alpha value is -1.86. The Bertz CT molecular complexity index is 546. The summed E-state index contributed by atoms with van der Waals surface area (Å²) in [6.45, 7) is 0. The summed E-state index contributed by atoms with van der Waals surface area (Å²) in [4.78, 5) is 4.11. The number of nitrogens with zero attached hydrogens (tertiary/aromatic N) is 2. The number of halogens is 1. The molecule has 1 heterocycles. The Kier molecular flexibility index (Phi) is 3.73. The summed E-state index contributed by atoms with van der Waals surface area (Å²) in [6, 6.07) is 13.2. The lowest BCUT2D eigenvalue weighted by molar-refractivity contribution is 0.459. The quantitative estimate of drug-likeness (QED) is 0.865. The van der Waals surface area contributed by atoms with Gasteiger partial charge < -0.3 is 4.74 Å². The lowest BCUT2D eigenvalue weighted by Crippen LogP contribution is -1.89. The molecular weight excluding hydrogens is 280 g/mol. The molecule has 0 aliphatic carbocycles. The minimum atomic E-state index is 0.410. The van der Waals surface area contributed by atoms with Crippen molar-refractivity contribution in [1.29, 1.82) is 5.26 Å². The highest BCUT2D eigenvalue weighted by molar-refractivity contribution is 9.10. The summed E-state index contributed by atoms with van der Waals surface area (Å²) >= 11 is 3.36. The molecule has 0 aliphatic rings. The molecule has 2 aromatic rings. The summed E-state index contributed by atoms with van der Waals surface area (Å²) in [5.74, 6) is 1.23. The summed E-state index contributed by atoms with van der Waals surface area (Å²) < 4.78 is 6.41. The van der Waals surface area contributed by atoms with E-state index in [1.807, 2.05) is 36.4 Å². The predicted octanol–water partition coefficient (Wildman–Crippen LogP) is 3.70. The third-order valence-electron chi connectivity index (χ3n) is 2.15. The smallest absolute Gasteiger partial charge is 0.233 e. The highest BCUT2D eigenvalue weighted by Gasteiger charge is 2.02. The van der Waals surface area contributed by atoms with Gasteiger partial charge in [0.2, 0.25) is 5.88 Å². The molecule has 0 unspecified atom stereocenters. The molecule has 0 N–H and O–H groups in total. The highest BCUT2D eigenvalue weighted by atomic mass is 79.9. The maximum absolute atomic E-state index is 8.56. The highest BCUT2D eigenvalue weighted by Crippen LogP contribution is 2.26. The van der Waals surface area contributed by atoms with E-state index in [9.17, 15) is 0 Å². The number of aromatic nitrogens is 1. The number of nitriles is 1. The summed E-state index contributed by atoms with van der Waals surface area (Å²) in [6.07, 6.45) is 2.08. The Morgan fingerprint density at radius 2 is 2.00 bits per heavy atom. The van der Waals surface area contributed by atoms with E-state index in [1.165, 1.54) is 0 Å². The first-order chi connectivity index (χ1) is 8.29. The molecule has 1 aromatic carbocycles. The first kappa shape index (κ1) is 11.6. The zero-order valence-electron chi connectivity index (χ0n) is 8.93. The van der Waals surface area contributed by atoms with Crippen LogP contribution in [0, 0.1) is 11.3 Å². The van der Waals surface area contributed by atoms with E-state index in [0.717, 1.165) is 10.0 Å². The van der Waals surface area contributed by atoms with E-state index in [2.05, 4.69) is 27.0 Å². The minimum absolute atomic E-state index is 0.410. The second kappa shape index (κ2) is 5.46. The molecule has 3 nitrogen and oxygen atoms in total. The molecule has 0 atom stereocenters. The van der Waals surface area contributed by atoms with E-state index in [1.54, 1.807) is 6.20 Å². The van der Waals surface area contributed by atoms with Crippen molar-refractivity contribution in [3.63, 3.8) is 0 Å². The van der Waals surface area contributed by atoms with Crippen molar-refractivity contribution in [3.8, 4) is 17.7 Å². The van der Waals surface area contributed by atoms with E-state index >= 15 is 0 Å². The van der Waals surface area contributed by atoms with Crippen molar-refractivity contribution in [2.45, 2.75) is 6.42 Å². The molecule has 0 radical (unpaired) electrons. The van der Waals surface area contributed by atoms with Crippen LogP contribution < -0.4 is 4.74 Å². The van der Waals surface area contributed by atoms with E-state index in [0.29, 0.717) is 18.1 Å². The third kappa shape index (κ3) is 3.05. The van der Waals surface area contributed by atoms with Gasteiger partial charge in [0.15, 0.2) is 0 Å². The molecule has 1 aromatic heterocycles. The SMILES string of the molecule is N#CCc1ccc(Oc2ncccc2Br)cc1. The fourth-order valence-corrected chi connectivity index (χ4v) is 1.66. The molecule has 0 aliphatic heterocycles. The number of pyridine rings is 1. The van der Waals surface area contributed by atoms with E-state index in [-0.39, 0.29) is 0 Å². The normalized spacial score (nSPS) is 9.65. The van der Waals surface area contributed by atoms with Crippen molar-refractivity contribution in [2.24, 2.45) is 0 Å². The summed E-state index contributed by atoms with van der Waals surface area (Å²) in [5.41, 5.74) is 0.972. The Morgan fingerprint density at radius 1 is 1.24 bits per heavy atom. The van der Waals surface area contributed by atoms with E-state index < -0.39 is 0 Å². The number of ether oxygens (including phenoxy) is 1. The van der Waals surface area contributed by atoms with Crippen LogP contribution in [0.4, 0.5) is 0 Å². The molecule has 0 saturated carbocycles. The van der Waals surface area contributed by atoms with Crippen LogP contribution in [0.1, 0.15) is 5.56 Å². The molecular formula is C13H9BrN2O. The van der Waals surface area contributed by atoms with Crippen molar-refractivity contribution in [2.75, 3.05) is 0 Å². The topological polar surface area (TPSA) is 45.9 Å². The maximum atomic E-state index is 8.56. The van der Waals surface area contributed by atoms with Gasteiger partial charge in [-0.25, -0.2) is 4.98 Å². The predicted molar refractivity (Wildman–Crippen MR) is 67.8 cm³/mol.